The smallest absolute Gasteiger partial charge is 0.118 e. The molecule has 0 atom stereocenters. The molecule has 2 aromatic rings. The van der Waals surface area contributed by atoms with Gasteiger partial charge in [0.25, 0.3) is 0 Å². The minimum atomic E-state index is 0.258. The van der Waals surface area contributed by atoms with Crippen LogP contribution in [0.25, 0.3) is 11.1 Å². The van der Waals surface area contributed by atoms with Crippen LogP contribution in [0, 0.1) is 0 Å². The van der Waals surface area contributed by atoms with Crippen LogP contribution in [0.5, 0.6) is 11.5 Å². The van der Waals surface area contributed by atoms with Gasteiger partial charge in [-0.2, -0.15) is 0 Å². The van der Waals surface area contributed by atoms with E-state index in [0.29, 0.717) is 0 Å². The lowest BCUT2D eigenvalue weighted by Crippen LogP contribution is -1.83. The van der Waals surface area contributed by atoms with Crippen LogP contribution in [0.3, 0.4) is 0 Å². The molecule has 2 rings (SSSR count). The van der Waals surface area contributed by atoms with Crippen LogP contribution in [0.1, 0.15) is 0 Å². The van der Waals surface area contributed by atoms with Gasteiger partial charge in [0.05, 0.1) is 7.11 Å². The Morgan fingerprint density at radius 1 is 1.06 bits per heavy atom. The third kappa shape index (κ3) is 2.19. The highest BCUT2D eigenvalue weighted by atomic mass is 79.9. The molecule has 1 N–H and O–H groups in total. The first-order valence-electron chi connectivity index (χ1n) is 4.83. The van der Waals surface area contributed by atoms with Gasteiger partial charge >= 0.3 is 0 Å². The van der Waals surface area contributed by atoms with Crippen LogP contribution in [0.4, 0.5) is 0 Å². The zero-order valence-electron chi connectivity index (χ0n) is 8.77. The molecule has 16 heavy (non-hydrogen) atoms. The summed E-state index contributed by atoms with van der Waals surface area (Å²) >= 11 is 3.46. The van der Waals surface area contributed by atoms with Gasteiger partial charge in [-0.25, -0.2) is 0 Å². The summed E-state index contributed by atoms with van der Waals surface area (Å²) in [6.45, 7) is 0. The predicted octanol–water partition coefficient (Wildman–Crippen LogP) is 3.83. The van der Waals surface area contributed by atoms with Gasteiger partial charge < -0.3 is 9.84 Å². The highest BCUT2D eigenvalue weighted by molar-refractivity contribution is 9.10. The van der Waals surface area contributed by atoms with E-state index in [1.807, 2.05) is 30.3 Å². The normalized spacial score (nSPS) is 10.1. The van der Waals surface area contributed by atoms with E-state index in [1.54, 1.807) is 19.2 Å². The van der Waals surface area contributed by atoms with Crippen LogP contribution in [0.15, 0.2) is 46.9 Å². The van der Waals surface area contributed by atoms with E-state index in [0.717, 1.165) is 21.3 Å². The number of benzene rings is 2. The summed E-state index contributed by atoms with van der Waals surface area (Å²) in [4.78, 5) is 0. The van der Waals surface area contributed by atoms with E-state index in [9.17, 15) is 5.11 Å². The predicted molar refractivity (Wildman–Crippen MR) is 67.8 cm³/mol. The lowest BCUT2D eigenvalue weighted by Gasteiger charge is -2.06. The number of hydrogen-bond donors (Lipinski definition) is 1. The molecule has 2 aromatic carbocycles. The summed E-state index contributed by atoms with van der Waals surface area (Å²) in [6.07, 6.45) is 0. The molecular formula is C13H11BrO2. The molecular weight excluding hydrogens is 268 g/mol. The fourth-order valence-corrected chi connectivity index (χ4v) is 1.98. The number of ether oxygens (including phenoxy) is 1. The molecule has 2 nitrogen and oxygen atoms in total. The fraction of sp³-hybridized carbons (Fsp3) is 0.0769. The van der Waals surface area contributed by atoms with Crippen molar-refractivity contribution in [3.8, 4) is 22.6 Å². The van der Waals surface area contributed by atoms with Crippen molar-refractivity contribution in [1.29, 1.82) is 0 Å². The third-order valence-corrected chi connectivity index (χ3v) is 3.04. The summed E-state index contributed by atoms with van der Waals surface area (Å²) in [5.74, 6) is 1.08. The van der Waals surface area contributed by atoms with Gasteiger partial charge in [0, 0.05) is 4.47 Å². The monoisotopic (exact) mass is 278 g/mol. The van der Waals surface area contributed by atoms with Gasteiger partial charge in [0.2, 0.25) is 0 Å². The lowest BCUT2D eigenvalue weighted by molar-refractivity contribution is 0.415. The molecule has 0 spiro atoms. The SMILES string of the molecule is COc1ccc(-c2cc(O)ccc2Br)cc1. The number of phenols is 1. The lowest BCUT2D eigenvalue weighted by atomic mass is 10.1. The Morgan fingerprint density at radius 3 is 2.38 bits per heavy atom. The molecule has 0 bridgehead atoms. The standard InChI is InChI=1S/C13H11BrO2/c1-16-11-5-2-9(3-6-11)12-8-10(15)4-7-13(12)14/h2-8,15H,1H3. The maximum Gasteiger partial charge on any atom is 0.118 e. The Labute approximate surface area is 103 Å². The Morgan fingerprint density at radius 2 is 1.75 bits per heavy atom. The van der Waals surface area contributed by atoms with E-state index < -0.39 is 0 Å². The largest absolute Gasteiger partial charge is 0.508 e. The van der Waals surface area contributed by atoms with Crippen LogP contribution in [-0.2, 0) is 0 Å². The molecule has 3 heteroatoms. The van der Waals surface area contributed by atoms with Crippen LogP contribution in [0.2, 0.25) is 0 Å². The second-order valence-electron chi connectivity index (χ2n) is 3.39. The molecule has 0 unspecified atom stereocenters. The van der Waals surface area contributed by atoms with Crippen molar-refractivity contribution in [2.24, 2.45) is 0 Å². The average Bonchev–Trinajstić information content (AvgIpc) is 2.32. The summed E-state index contributed by atoms with van der Waals surface area (Å²) < 4.78 is 6.05. The topological polar surface area (TPSA) is 29.5 Å². The van der Waals surface area contributed by atoms with Crippen molar-refractivity contribution in [3.05, 3.63) is 46.9 Å². The van der Waals surface area contributed by atoms with Gasteiger partial charge in [0.1, 0.15) is 11.5 Å². The Bertz CT molecular complexity index is 492. The highest BCUT2D eigenvalue weighted by Gasteiger charge is 2.04. The van der Waals surface area contributed by atoms with Crippen molar-refractivity contribution in [2.45, 2.75) is 0 Å². The van der Waals surface area contributed by atoms with Crippen LogP contribution in [-0.4, -0.2) is 12.2 Å². The fourth-order valence-electron chi connectivity index (χ4n) is 1.51. The Kier molecular flexibility index (Phi) is 3.15. The van der Waals surface area contributed by atoms with Gasteiger partial charge in [-0.05, 0) is 41.5 Å². The molecule has 0 aliphatic carbocycles. The van der Waals surface area contributed by atoms with Crippen LogP contribution < -0.4 is 4.74 Å². The zero-order chi connectivity index (χ0) is 11.5. The second-order valence-corrected chi connectivity index (χ2v) is 4.25. The van der Waals surface area contributed by atoms with Gasteiger partial charge in [-0.3, -0.25) is 0 Å². The summed E-state index contributed by atoms with van der Waals surface area (Å²) in [5.41, 5.74) is 1.99. The molecule has 0 amide bonds. The first kappa shape index (κ1) is 11.0. The number of rotatable bonds is 2. The van der Waals surface area contributed by atoms with E-state index in [2.05, 4.69) is 15.9 Å². The molecule has 0 heterocycles. The molecule has 0 fully saturated rings. The van der Waals surface area contributed by atoms with E-state index in [-0.39, 0.29) is 5.75 Å². The van der Waals surface area contributed by atoms with Gasteiger partial charge in [-0.15, -0.1) is 0 Å². The highest BCUT2D eigenvalue weighted by Crippen LogP contribution is 2.32. The van der Waals surface area contributed by atoms with Gasteiger partial charge in [-0.1, -0.05) is 28.1 Å². The van der Waals surface area contributed by atoms with Crippen molar-refractivity contribution in [1.82, 2.24) is 0 Å². The first-order valence-corrected chi connectivity index (χ1v) is 5.63. The summed E-state index contributed by atoms with van der Waals surface area (Å²) in [5, 5.41) is 9.45. The Balaban J connectivity index is 2.45. The van der Waals surface area contributed by atoms with Gasteiger partial charge in [0.15, 0.2) is 0 Å². The Hall–Kier alpha value is -1.48. The maximum absolute atomic E-state index is 9.45. The summed E-state index contributed by atoms with van der Waals surface area (Å²) in [7, 11) is 1.64. The molecule has 0 aliphatic rings. The van der Waals surface area contributed by atoms with E-state index >= 15 is 0 Å². The zero-order valence-corrected chi connectivity index (χ0v) is 10.4. The minimum Gasteiger partial charge on any atom is -0.508 e. The first-order chi connectivity index (χ1) is 7.70. The maximum atomic E-state index is 9.45. The van der Waals surface area contributed by atoms with E-state index in [4.69, 9.17) is 4.74 Å². The quantitative estimate of drug-likeness (QED) is 0.905. The van der Waals surface area contributed by atoms with Crippen molar-refractivity contribution in [3.63, 3.8) is 0 Å². The van der Waals surface area contributed by atoms with E-state index in [1.165, 1.54) is 0 Å². The number of hydrogen-bond acceptors (Lipinski definition) is 2. The van der Waals surface area contributed by atoms with Crippen LogP contribution >= 0.6 is 15.9 Å². The molecule has 0 aliphatic heterocycles. The molecule has 0 saturated carbocycles. The molecule has 0 aromatic heterocycles. The molecule has 82 valence electrons. The minimum absolute atomic E-state index is 0.258. The molecule has 0 radical (unpaired) electrons. The number of methoxy groups -OCH3 is 1. The molecule has 0 saturated heterocycles. The van der Waals surface area contributed by atoms with Crippen molar-refractivity contribution < 1.29 is 9.84 Å². The average molecular weight is 279 g/mol. The second kappa shape index (κ2) is 4.58. The van der Waals surface area contributed by atoms with Crippen molar-refractivity contribution in [2.75, 3.05) is 7.11 Å². The van der Waals surface area contributed by atoms with Crippen molar-refractivity contribution >= 4 is 15.9 Å². The number of aromatic hydroxyl groups is 1. The number of phenolic OH excluding ortho intramolecular Hbond substituents is 1. The third-order valence-electron chi connectivity index (χ3n) is 2.35. The summed E-state index contributed by atoms with van der Waals surface area (Å²) in [6, 6.07) is 12.9. The number of halogens is 1.